The van der Waals surface area contributed by atoms with Gasteiger partial charge in [0.2, 0.25) is 0 Å². The van der Waals surface area contributed by atoms with Crippen molar-refractivity contribution in [3.05, 3.63) is 106 Å². The number of nitriles is 1. The molecule has 0 fully saturated rings. The zero-order valence-corrected chi connectivity index (χ0v) is 17.0. The lowest BCUT2D eigenvalue weighted by atomic mass is 9.81. The molecule has 0 amide bonds. The Balaban J connectivity index is 1.55. The summed E-state index contributed by atoms with van der Waals surface area (Å²) in [6.45, 7) is 0. The van der Waals surface area contributed by atoms with Crippen LogP contribution in [0.5, 0.6) is 0 Å². The molecular formula is C25H19NO3S. The van der Waals surface area contributed by atoms with Crippen LogP contribution in [0.1, 0.15) is 39.7 Å². The Morgan fingerprint density at radius 3 is 2.13 bits per heavy atom. The average Bonchev–Trinajstić information content (AvgIpc) is 3.49. The first kappa shape index (κ1) is 19.8. The Morgan fingerprint density at radius 2 is 1.60 bits per heavy atom. The first-order valence-corrected chi connectivity index (χ1v) is 10.5. The Kier molecular flexibility index (Phi) is 5.60. The standard InChI is InChI=1S/C25H19NO3S/c26-17-25(23(27)21-12-7-15-30-21)14-13-20(16-25)24(28)29-22(18-8-3-1-4-9-18)19-10-5-2-6-11-19/h1-13,15,22H,14,16H2/t25-/m1/s1. The first-order valence-electron chi connectivity index (χ1n) is 9.62. The van der Waals surface area contributed by atoms with Gasteiger partial charge in [-0.05, 0) is 29.0 Å². The van der Waals surface area contributed by atoms with Gasteiger partial charge in [0, 0.05) is 12.0 Å². The summed E-state index contributed by atoms with van der Waals surface area (Å²) in [5, 5.41) is 11.6. The lowest BCUT2D eigenvalue weighted by Gasteiger charge is -2.21. The molecule has 1 atom stereocenters. The van der Waals surface area contributed by atoms with Crippen LogP contribution in [0.4, 0.5) is 0 Å². The van der Waals surface area contributed by atoms with E-state index in [-0.39, 0.29) is 18.6 Å². The predicted molar refractivity (Wildman–Crippen MR) is 115 cm³/mol. The molecule has 4 rings (SSSR count). The number of benzene rings is 2. The van der Waals surface area contributed by atoms with Crippen molar-refractivity contribution in [2.75, 3.05) is 0 Å². The molecule has 0 bridgehead atoms. The Morgan fingerprint density at radius 1 is 0.967 bits per heavy atom. The maximum atomic E-state index is 13.0. The number of hydrogen-bond donors (Lipinski definition) is 0. The quantitative estimate of drug-likeness (QED) is 0.396. The fraction of sp³-hybridized carbons (Fsp3) is 0.160. The topological polar surface area (TPSA) is 67.2 Å². The second kappa shape index (κ2) is 8.48. The summed E-state index contributed by atoms with van der Waals surface area (Å²) in [4.78, 5) is 26.4. The van der Waals surface area contributed by atoms with Crippen LogP contribution in [0.15, 0.2) is 89.8 Å². The van der Waals surface area contributed by atoms with Gasteiger partial charge in [-0.2, -0.15) is 5.26 Å². The number of allylic oxidation sites excluding steroid dienone is 1. The largest absolute Gasteiger partial charge is 0.449 e. The van der Waals surface area contributed by atoms with E-state index in [2.05, 4.69) is 6.07 Å². The van der Waals surface area contributed by atoms with Gasteiger partial charge in [0.25, 0.3) is 0 Å². The normalized spacial score (nSPS) is 17.9. The summed E-state index contributed by atoms with van der Waals surface area (Å²) < 4.78 is 5.89. The van der Waals surface area contributed by atoms with Gasteiger partial charge < -0.3 is 4.74 Å². The summed E-state index contributed by atoms with van der Waals surface area (Å²) in [7, 11) is 0. The molecule has 4 nitrogen and oxygen atoms in total. The number of carbonyl (C=O) groups excluding carboxylic acids is 2. The highest BCUT2D eigenvalue weighted by Gasteiger charge is 2.45. The summed E-state index contributed by atoms with van der Waals surface area (Å²) in [5.41, 5.74) is 0.848. The van der Waals surface area contributed by atoms with Crippen molar-refractivity contribution < 1.29 is 14.3 Å². The monoisotopic (exact) mass is 413 g/mol. The second-order valence-electron chi connectivity index (χ2n) is 7.22. The van der Waals surface area contributed by atoms with Crippen LogP contribution in [0.3, 0.4) is 0 Å². The molecule has 0 N–H and O–H groups in total. The fourth-order valence-corrected chi connectivity index (χ4v) is 4.41. The molecule has 1 heterocycles. The number of rotatable bonds is 6. The summed E-state index contributed by atoms with van der Waals surface area (Å²) in [5.74, 6) is -0.731. The van der Waals surface area contributed by atoms with Crippen molar-refractivity contribution >= 4 is 23.1 Å². The molecule has 1 aromatic heterocycles. The number of thiophene rings is 1. The molecule has 0 spiro atoms. The van der Waals surface area contributed by atoms with Gasteiger partial charge in [-0.15, -0.1) is 11.3 Å². The molecule has 3 aromatic rings. The Labute approximate surface area is 179 Å². The van der Waals surface area contributed by atoms with Crippen LogP contribution in [0, 0.1) is 16.7 Å². The van der Waals surface area contributed by atoms with Crippen molar-refractivity contribution in [1.29, 1.82) is 5.26 Å². The molecule has 0 saturated carbocycles. The molecule has 1 aliphatic carbocycles. The molecule has 148 valence electrons. The van der Waals surface area contributed by atoms with Crippen molar-refractivity contribution in [3.8, 4) is 6.07 Å². The van der Waals surface area contributed by atoms with Crippen molar-refractivity contribution in [3.63, 3.8) is 0 Å². The lowest BCUT2D eigenvalue weighted by Crippen LogP contribution is -2.27. The molecule has 0 radical (unpaired) electrons. The summed E-state index contributed by atoms with van der Waals surface area (Å²) in [6, 6.07) is 24.7. The van der Waals surface area contributed by atoms with Crippen LogP contribution in [-0.2, 0) is 9.53 Å². The van der Waals surface area contributed by atoms with E-state index in [4.69, 9.17) is 4.74 Å². The maximum Gasteiger partial charge on any atom is 0.334 e. The predicted octanol–water partition coefficient (Wildman–Crippen LogP) is 5.49. The Hall–Kier alpha value is -3.49. The van der Waals surface area contributed by atoms with E-state index in [1.807, 2.05) is 60.7 Å². The van der Waals surface area contributed by atoms with Crippen molar-refractivity contribution in [2.24, 2.45) is 5.41 Å². The van der Waals surface area contributed by atoms with E-state index in [0.29, 0.717) is 10.5 Å². The van der Waals surface area contributed by atoms with Gasteiger partial charge in [0.05, 0.1) is 10.9 Å². The minimum atomic E-state index is -1.24. The van der Waals surface area contributed by atoms with Gasteiger partial charge in [-0.1, -0.05) is 72.8 Å². The molecule has 0 saturated heterocycles. The van der Waals surface area contributed by atoms with Crippen LogP contribution in [-0.4, -0.2) is 11.8 Å². The molecule has 2 aromatic carbocycles. The van der Waals surface area contributed by atoms with Gasteiger partial charge in [0.15, 0.2) is 11.9 Å². The Bertz CT molecular complexity index is 1070. The van der Waals surface area contributed by atoms with Crippen molar-refractivity contribution in [1.82, 2.24) is 0 Å². The zero-order valence-electron chi connectivity index (χ0n) is 16.2. The molecule has 5 heteroatoms. The van der Waals surface area contributed by atoms with E-state index in [9.17, 15) is 14.9 Å². The second-order valence-corrected chi connectivity index (χ2v) is 8.17. The van der Waals surface area contributed by atoms with E-state index >= 15 is 0 Å². The van der Waals surface area contributed by atoms with Crippen molar-refractivity contribution in [2.45, 2.75) is 18.9 Å². The van der Waals surface area contributed by atoms with Crippen LogP contribution in [0.2, 0.25) is 0 Å². The average molecular weight is 413 g/mol. The number of hydrogen-bond acceptors (Lipinski definition) is 5. The number of ether oxygens (including phenoxy) is 1. The van der Waals surface area contributed by atoms with E-state index < -0.39 is 17.5 Å². The van der Waals surface area contributed by atoms with E-state index in [0.717, 1.165) is 11.1 Å². The highest BCUT2D eigenvalue weighted by molar-refractivity contribution is 7.12. The summed E-state index contributed by atoms with van der Waals surface area (Å²) >= 11 is 1.31. The van der Waals surface area contributed by atoms with E-state index in [1.165, 1.54) is 11.3 Å². The zero-order chi connectivity index (χ0) is 21.0. The fourth-order valence-electron chi connectivity index (χ4n) is 3.64. The molecule has 1 aliphatic rings. The van der Waals surface area contributed by atoms with Gasteiger partial charge >= 0.3 is 5.97 Å². The number of Topliss-reactive ketones (excluding diaryl/α,β-unsaturated/α-hetero) is 1. The maximum absolute atomic E-state index is 13.0. The summed E-state index contributed by atoms with van der Waals surface area (Å²) in [6.07, 6.45) is 1.39. The lowest BCUT2D eigenvalue weighted by molar-refractivity contribution is -0.143. The van der Waals surface area contributed by atoms with Crippen LogP contribution in [0.25, 0.3) is 0 Å². The number of carbonyl (C=O) groups is 2. The molecule has 0 unspecified atom stereocenters. The number of nitrogens with zero attached hydrogens (tertiary/aromatic N) is 1. The van der Waals surface area contributed by atoms with Crippen LogP contribution < -0.4 is 0 Å². The third kappa shape index (κ3) is 3.83. The number of esters is 1. The van der Waals surface area contributed by atoms with Gasteiger partial charge in [-0.25, -0.2) is 4.79 Å². The van der Waals surface area contributed by atoms with Gasteiger partial charge in [0.1, 0.15) is 5.41 Å². The SMILES string of the molecule is N#C[C@@]1(C(=O)c2cccs2)CC=C(C(=O)OC(c2ccccc2)c2ccccc2)C1. The highest BCUT2D eigenvalue weighted by atomic mass is 32.1. The van der Waals surface area contributed by atoms with Gasteiger partial charge in [-0.3, -0.25) is 4.79 Å². The minimum Gasteiger partial charge on any atom is -0.449 e. The molecule has 30 heavy (non-hydrogen) atoms. The number of ketones is 1. The highest BCUT2D eigenvalue weighted by Crippen LogP contribution is 2.41. The van der Waals surface area contributed by atoms with E-state index in [1.54, 1.807) is 23.6 Å². The molecular weight excluding hydrogens is 394 g/mol. The minimum absolute atomic E-state index is 0.0648. The molecule has 0 aliphatic heterocycles. The third-order valence-electron chi connectivity index (χ3n) is 5.27. The smallest absolute Gasteiger partial charge is 0.334 e. The first-order chi connectivity index (χ1) is 14.6. The third-order valence-corrected chi connectivity index (χ3v) is 6.14. The van der Waals surface area contributed by atoms with Crippen LogP contribution >= 0.6 is 11.3 Å².